The zero-order valence-corrected chi connectivity index (χ0v) is 10.4. The van der Waals surface area contributed by atoms with Gasteiger partial charge in [-0.1, -0.05) is 23.7 Å². The second-order valence-corrected chi connectivity index (χ2v) is 3.90. The lowest BCUT2D eigenvalue weighted by molar-refractivity contribution is 0.0601. The van der Waals surface area contributed by atoms with Crippen LogP contribution in [-0.4, -0.2) is 18.1 Å². The van der Waals surface area contributed by atoms with Crippen molar-refractivity contribution in [2.24, 2.45) is 0 Å². The molecule has 4 nitrogen and oxygen atoms in total. The molecule has 1 heterocycles. The van der Waals surface area contributed by atoms with E-state index in [4.69, 9.17) is 16.3 Å². The first kappa shape index (κ1) is 12.4. The summed E-state index contributed by atoms with van der Waals surface area (Å²) in [7, 11) is 1.33. The number of pyridine rings is 1. The molecular formula is C13H11ClN2O2. The number of carbonyl (C=O) groups excluding carboxylic acids is 1. The Morgan fingerprint density at radius 1 is 1.28 bits per heavy atom. The summed E-state index contributed by atoms with van der Waals surface area (Å²) in [6.07, 6.45) is 1.59. The highest BCUT2D eigenvalue weighted by molar-refractivity contribution is 6.33. The minimum atomic E-state index is -0.447. The van der Waals surface area contributed by atoms with E-state index in [-0.39, 0.29) is 0 Å². The zero-order valence-electron chi connectivity index (χ0n) is 9.68. The Balaban J connectivity index is 2.35. The minimum absolute atomic E-state index is 0.361. The van der Waals surface area contributed by atoms with Gasteiger partial charge in [-0.05, 0) is 24.3 Å². The standard InChI is InChI=1S/C13H11ClN2O2/c1-18-13(17)9-5-4-8-15-12(9)16-11-7-3-2-6-10(11)14/h2-8H,1H3,(H,15,16). The molecule has 18 heavy (non-hydrogen) atoms. The van der Waals surface area contributed by atoms with E-state index < -0.39 is 5.97 Å². The van der Waals surface area contributed by atoms with Crippen LogP contribution in [0.15, 0.2) is 42.6 Å². The molecule has 1 N–H and O–H groups in total. The quantitative estimate of drug-likeness (QED) is 0.863. The average Bonchev–Trinajstić information content (AvgIpc) is 2.41. The van der Waals surface area contributed by atoms with E-state index in [0.29, 0.717) is 22.1 Å². The number of rotatable bonds is 3. The van der Waals surface area contributed by atoms with Gasteiger partial charge in [0.15, 0.2) is 0 Å². The van der Waals surface area contributed by atoms with Crippen LogP contribution in [0, 0.1) is 0 Å². The van der Waals surface area contributed by atoms with Gasteiger partial charge in [-0.25, -0.2) is 9.78 Å². The Labute approximate surface area is 110 Å². The van der Waals surface area contributed by atoms with Gasteiger partial charge in [0.2, 0.25) is 0 Å². The Morgan fingerprint density at radius 3 is 2.78 bits per heavy atom. The molecule has 1 aromatic heterocycles. The first-order valence-corrected chi connectivity index (χ1v) is 5.65. The third kappa shape index (κ3) is 2.60. The number of para-hydroxylation sites is 1. The molecule has 2 rings (SSSR count). The molecule has 0 bridgehead atoms. The number of benzene rings is 1. The number of anilines is 2. The molecule has 0 aliphatic heterocycles. The van der Waals surface area contributed by atoms with Gasteiger partial charge < -0.3 is 10.1 Å². The second kappa shape index (κ2) is 5.51. The fraction of sp³-hybridized carbons (Fsp3) is 0.0769. The number of aromatic nitrogens is 1. The molecular weight excluding hydrogens is 252 g/mol. The summed E-state index contributed by atoms with van der Waals surface area (Å²) in [5.41, 5.74) is 1.04. The van der Waals surface area contributed by atoms with Crippen molar-refractivity contribution in [2.45, 2.75) is 0 Å². The lowest BCUT2D eigenvalue weighted by atomic mass is 10.2. The number of hydrogen-bond donors (Lipinski definition) is 1. The fourth-order valence-corrected chi connectivity index (χ4v) is 1.65. The molecule has 0 unspecified atom stereocenters. The summed E-state index contributed by atoms with van der Waals surface area (Å²) in [6, 6.07) is 10.5. The molecule has 0 atom stereocenters. The molecule has 5 heteroatoms. The Morgan fingerprint density at radius 2 is 2.06 bits per heavy atom. The van der Waals surface area contributed by atoms with Crippen molar-refractivity contribution in [1.29, 1.82) is 0 Å². The van der Waals surface area contributed by atoms with E-state index in [1.807, 2.05) is 12.1 Å². The Bertz CT molecular complexity index is 572. The predicted octanol–water partition coefficient (Wildman–Crippen LogP) is 3.27. The first-order chi connectivity index (χ1) is 8.72. The van der Waals surface area contributed by atoms with Gasteiger partial charge >= 0.3 is 5.97 Å². The average molecular weight is 263 g/mol. The van der Waals surface area contributed by atoms with Crippen LogP contribution in [0.2, 0.25) is 5.02 Å². The van der Waals surface area contributed by atoms with E-state index in [2.05, 4.69) is 10.3 Å². The van der Waals surface area contributed by atoms with Crippen LogP contribution in [0.4, 0.5) is 11.5 Å². The monoisotopic (exact) mass is 262 g/mol. The van der Waals surface area contributed by atoms with Crippen LogP contribution < -0.4 is 5.32 Å². The second-order valence-electron chi connectivity index (χ2n) is 3.50. The minimum Gasteiger partial charge on any atom is -0.465 e. The van der Waals surface area contributed by atoms with Crippen molar-refractivity contribution in [2.75, 3.05) is 12.4 Å². The smallest absolute Gasteiger partial charge is 0.341 e. The van der Waals surface area contributed by atoms with Crippen LogP contribution in [0.25, 0.3) is 0 Å². The van der Waals surface area contributed by atoms with E-state index in [1.165, 1.54) is 7.11 Å². The van der Waals surface area contributed by atoms with Crippen LogP contribution in [0.1, 0.15) is 10.4 Å². The van der Waals surface area contributed by atoms with Crippen LogP contribution >= 0.6 is 11.6 Å². The van der Waals surface area contributed by atoms with Crippen molar-refractivity contribution in [3.05, 3.63) is 53.2 Å². The Kier molecular flexibility index (Phi) is 3.79. The highest BCUT2D eigenvalue weighted by Gasteiger charge is 2.13. The zero-order chi connectivity index (χ0) is 13.0. The maximum atomic E-state index is 11.6. The molecule has 1 aromatic carbocycles. The van der Waals surface area contributed by atoms with Crippen molar-refractivity contribution in [3.8, 4) is 0 Å². The largest absolute Gasteiger partial charge is 0.465 e. The molecule has 0 spiro atoms. The molecule has 0 fully saturated rings. The highest BCUT2D eigenvalue weighted by atomic mass is 35.5. The lowest BCUT2D eigenvalue weighted by Crippen LogP contribution is -2.07. The van der Waals surface area contributed by atoms with Crippen LogP contribution in [0.3, 0.4) is 0 Å². The molecule has 0 aliphatic carbocycles. The van der Waals surface area contributed by atoms with Gasteiger partial charge in [0.05, 0.1) is 17.8 Å². The van der Waals surface area contributed by atoms with Crippen molar-refractivity contribution in [3.63, 3.8) is 0 Å². The maximum absolute atomic E-state index is 11.6. The van der Waals surface area contributed by atoms with Gasteiger partial charge in [0.25, 0.3) is 0 Å². The van der Waals surface area contributed by atoms with Crippen LogP contribution in [0.5, 0.6) is 0 Å². The van der Waals surface area contributed by atoms with Crippen molar-refractivity contribution in [1.82, 2.24) is 4.98 Å². The van der Waals surface area contributed by atoms with E-state index >= 15 is 0 Å². The SMILES string of the molecule is COC(=O)c1cccnc1Nc1ccccc1Cl. The summed E-state index contributed by atoms with van der Waals surface area (Å²) < 4.78 is 4.69. The van der Waals surface area contributed by atoms with E-state index in [1.54, 1.807) is 30.5 Å². The number of esters is 1. The number of carbonyl (C=O) groups is 1. The summed E-state index contributed by atoms with van der Waals surface area (Å²) in [5.74, 6) is -0.0323. The topological polar surface area (TPSA) is 51.2 Å². The van der Waals surface area contributed by atoms with Gasteiger partial charge in [-0.2, -0.15) is 0 Å². The molecule has 0 saturated carbocycles. The molecule has 0 saturated heterocycles. The molecule has 0 amide bonds. The maximum Gasteiger partial charge on any atom is 0.341 e. The normalized spacial score (nSPS) is 9.89. The van der Waals surface area contributed by atoms with E-state index in [9.17, 15) is 4.79 Å². The molecule has 92 valence electrons. The van der Waals surface area contributed by atoms with Crippen molar-refractivity contribution < 1.29 is 9.53 Å². The summed E-state index contributed by atoms with van der Waals surface area (Å²) >= 11 is 6.03. The molecule has 0 aliphatic rings. The van der Waals surface area contributed by atoms with Crippen molar-refractivity contribution >= 4 is 29.1 Å². The summed E-state index contributed by atoms with van der Waals surface area (Å²) in [6.45, 7) is 0. The number of hydrogen-bond acceptors (Lipinski definition) is 4. The fourth-order valence-electron chi connectivity index (χ4n) is 1.47. The summed E-state index contributed by atoms with van der Waals surface area (Å²) in [4.78, 5) is 15.7. The number of ether oxygens (including phenoxy) is 1. The molecule has 2 aromatic rings. The van der Waals surface area contributed by atoms with Gasteiger partial charge in [-0.15, -0.1) is 0 Å². The summed E-state index contributed by atoms with van der Waals surface area (Å²) in [5, 5.41) is 3.57. The predicted molar refractivity (Wildman–Crippen MR) is 70.3 cm³/mol. The molecule has 0 radical (unpaired) electrons. The number of halogens is 1. The third-order valence-corrected chi connectivity index (χ3v) is 2.67. The van der Waals surface area contributed by atoms with Gasteiger partial charge in [-0.3, -0.25) is 0 Å². The third-order valence-electron chi connectivity index (χ3n) is 2.34. The van der Waals surface area contributed by atoms with Gasteiger partial charge in [0.1, 0.15) is 11.4 Å². The number of nitrogens with one attached hydrogen (secondary N) is 1. The number of nitrogens with zero attached hydrogens (tertiary/aromatic N) is 1. The lowest BCUT2D eigenvalue weighted by Gasteiger charge is -2.10. The highest BCUT2D eigenvalue weighted by Crippen LogP contribution is 2.25. The van der Waals surface area contributed by atoms with E-state index in [0.717, 1.165) is 0 Å². The number of methoxy groups -OCH3 is 1. The Hall–Kier alpha value is -2.07. The first-order valence-electron chi connectivity index (χ1n) is 5.27. The van der Waals surface area contributed by atoms with Gasteiger partial charge in [0, 0.05) is 6.20 Å². The van der Waals surface area contributed by atoms with Crippen LogP contribution in [-0.2, 0) is 4.74 Å².